The topological polar surface area (TPSA) is 95.8 Å². The van der Waals surface area contributed by atoms with Crippen molar-refractivity contribution in [1.82, 2.24) is 9.80 Å². The van der Waals surface area contributed by atoms with Gasteiger partial charge in [0.2, 0.25) is 5.91 Å². The van der Waals surface area contributed by atoms with Gasteiger partial charge in [-0.1, -0.05) is 29.3 Å². The molecular formula is C22H20Cl2N4O4S. The Kier molecular flexibility index (Phi) is 6.85. The fourth-order valence-corrected chi connectivity index (χ4v) is 5.38. The van der Waals surface area contributed by atoms with E-state index in [-0.39, 0.29) is 24.0 Å². The molecule has 3 aromatic rings. The Morgan fingerprint density at radius 2 is 1.88 bits per heavy atom. The molecule has 2 heterocycles. The fraction of sp³-hybridized carbons (Fsp3) is 0.273. The number of halogens is 2. The molecule has 1 saturated heterocycles. The van der Waals surface area contributed by atoms with Crippen molar-refractivity contribution in [2.45, 2.75) is 6.92 Å². The largest absolute Gasteiger partial charge is 0.335 e. The highest BCUT2D eigenvalue weighted by Gasteiger charge is 2.27. The third-order valence-corrected chi connectivity index (χ3v) is 7.64. The summed E-state index contributed by atoms with van der Waals surface area (Å²) < 4.78 is 0.601. The number of hydrogen-bond donors (Lipinski definition) is 1. The van der Waals surface area contributed by atoms with Crippen molar-refractivity contribution in [3.63, 3.8) is 0 Å². The summed E-state index contributed by atoms with van der Waals surface area (Å²) >= 11 is 13.7. The highest BCUT2D eigenvalue weighted by atomic mass is 35.5. The van der Waals surface area contributed by atoms with Crippen molar-refractivity contribution in [2.24, 2.45) is 0 Å². The number of piperazine rings is 1. The van der Waals surface area contributed by atoms with E-state index in [0.717, 1.165) is 16.9 Å². The minimum absolute atomic E-state index is 0.0423. The molecule has 0 spiro atoms. The van der Waals surface area contributed by atoms with Gasteiger partial charge in [0, 0.05) is 59.1 Å². The average molecular weight is 507 g/mol. The van der Waals surface area contributed by atoms with E-state index in [4.69, 9.17) is 23.2 Å². The van der Waals surface area contributed by atoms with Crippen LogP contribution in [0.1, 0.15) is 15.2 Å². The Labute approximate surface area is 203 Å². The van der Waals surface area contributed by atoms with E-state index in [1.807, 2.05) is 11.8 Å². The van der Waals surface area contributed by atoms with E-state index in [1.165, 1.54) is 12.1 Å². The summed E-state index contributed by atoms with van der Waals surface area (Å²) in [4.78, 5) is 40.1. The second-order valence-electron chi connectivity index (χ2n) is 7.71. The van der Waals surface area contributed by atoms with Gasteiger partial charge in [0.25, 0.3) is 11.6 Å². The van der Waals surface area contributed by atoms with Crippen LogP contribution >= 0.6 is 34.5 Å². The number of amides is 2. The number of non-ortho nitro benzene ring substituents is 1. The molecule has 1 aromatic heterocycles. The van der Waals surface area contributed by atoms with Crippen molar-refractivity contribution in [3.05, 3.63) is 67.0 Å². The summed E-state index contributed by atoms with van der Waals surface area (Å²) in [6, 6.07) is 9.74. The van der Waals surface area contributed by atoms with Crippen LogP contribution in [0.3, 0.4) is 0 Å². The monoisotopic (exact) mass is 506 g/mol. The fourth-order valence-electron chi connectivity index (χ4n) is 3.69. The number of anilines is 1. The van der Waals surface area contributed by atoms with Crippen molar-refractivity contribution >= 4 is 67.8 Å². The van der Waals surface area contributed by atoms with E-state index in [2.05, 4.69) is 5.32 Å². The van der Waals surface area contributed by atoms with E-state index in [9.17, 15) is 19.7 Å². The number of benzene rings is 2. The molecule has 0 bridgehead atoms. The van der Waals surface area contributed by atoms with Crippen LogP contribution < -0.4 is 5.32 Å². The first kappa shape index (κ1) is 23.4. The second kappa shape index (κ2) is 9.64. The number of nitro groups is 1. The molecule has 0 saturated carbocycles. The summed E-state index contributed by atoms with van der Waals surface area (Å²) in [5, 5.41) is 15.4. The molecule has 0 unspecified atom stereocenters. The lowest BCUT2D eigenvalue weighted by Gasteiger charge is -2.34. The lowest BCUT2D eigenvalue weighted by Crippen LogP contribution is -2.50. The van der Waals surface area contributed by atoms with Crippen LogP contribution in [0.5, 0.6) is 0 Å². The molecule has 0 atom stereocenters. The van der Waals surface area contributed by atoms with E-state index in [1.54, 1.807) is 29.2 Å². The van der Waals surface area contributed by atoms with Gasteiger partial charge in [0.05, 0.1) is 16.5 Å². The van der Waals surface area contributed by atoms with Crippen LogP contribution in [0.4, 0.5) is 11.4 Å². The summed E-state index contributed by atoms with van der Waals surface area (Å²) in [5.41, 5.74) is 1.45. The van der Waals surface area contributed by atoms with Crippen molar-refractivity contribution < 1.29 is 14.5 Å². The molecule has 33 heavy (non-hydrogen) atoms. The smallest absolute Gasteiger partial charge is 0.270 e. The third kappa shape index (κ3) is 4.96. The van der Waals surface area contributed by atoms with Crippen LogP contribution in [-0.2, 0) is 4.79 Å². The molecule has 11 heteroatoms. The molecule has 1 aliphatic rings. The normalized spacial score (nSPS) is 14.5. The lowest BCUT2D eigenvalue weighted by atomic mass is 10.2. The first-order valence-electron chi connectivity index (χ1n) is 10.2. The SMILES string of the molecule is Cc1c(Cl)cccc1NC(=O)CN1CCN(C(=O)c2sc3cc([N+](=O)[O-])ccc3c2Cl)CC1. The number of carbonyl (C=O) groups is 2. The zero-order valence-corrected chi connectivity index (χ0v) is 20.0. The first-order chi connectivity index (χ1) is 15.7. The van der Waals surface area contributed by atoms with Gasteiger partial charge in [-0.15, -0.1) is 11.3 Å². The highest BCUT2D eigenvalue weighted by molar-refractivity contribution is 7.21. The Morgan fingerprint density at radius 3 is 2.58 bits per heavy atom. The molecule has 1 aliphatic heterocycles. The Balaban J connectivity index is 1.37. The zero-order chi connectivity index (χ0) is 23.7. The molecule has 0 aliphatic carbocycles. The van der Waals surface area contributed by atoms with Gasteiger partial charge >= 0.3 is 0 Å². The maximum atomic E-state index is 13.1. The summed E-state index contributed by atoms with van der Waals surface area (Å²) in [7, 11) is 0. The number of thiophene rings is 1. The number of nitrogens with one attached hydrogen (secondary N) is 1. The van der Waals surface area contributed by atoms with Crippen molar-refractivity contribution in [3.8, 4) is 0 Å². The number of rotatable bonds is 5. The molecule has 2 aromatic carbocycles. The van der Waals surface area contributed by atoms with Crippen molar-refractivity contribution in [2.75, 3.05) is 38.0 Å². The van der Waals surface area contributed by atoms with Gasteiger partial charge in [-0.25, -0.2) is 0 Å². The van der Waals surface area contributed by atoms with E-state index < -0.39 is 4.92 Å². The van der Waals surface area contributed by atoms with Crippen LogP contribution in [-0.4, -0.2) is 59.3 Å². The van der Waals surface area contributed by atoms with Crippen LogP contribution in [0.2, 0.25) is 10.0 Å². The highest BCUT2D eigenvalue weighted by Crippen LogP contribution is 2.38. The third-order valence-electron chi connectivity index (χ3n) is 5.59. The van der Waals surface area contributed by atoms with Gasteiger partial charge in [0.15, 0.2) is 0 Å². The predicted octanol–water partition coefficient (Wildman–Crippen LogP) is 4.82. The number of carbonyl (C=O) groups excluding carboxylic acids is 2. The molecule has 8 nitrogen and oxygen atoms in total. The van der Waals surface area contributed by atoms with Crippen LogP contribution in [0.15, 0.2) is 36.4 Å². The van der Waals surface area contributed by atoms with Gasteiger partial charge in [-0.3, -0.25) is 24.6 Å². The molecular weight excluding hydrogens is 487 g/mol. The molecule has 172 valence electrons. The standard InChI is InChI=1S/C22H20Cl2N4O4S/c1-13-16(23)3-2-4-17(13)25-19(29)12-26-7-9-27(10-8-26)22(30)21-20(24)15-6-5-14(28(31)32)11-18(15)33-21/h2-6,11H,7-10,12H2,1H3,(H,25,29). The minimum Gasteiger partial charge on any atom is -0.335 e. The first-order valence-corrected chi connectivity index (χ1v) is 11.7. The number of nitrogens with zero attached hydrogens (tertiary/aromatic N) is 3. The maximum absolute atomic E-state index is 13.1. The van der Waals surface area contributed by atoms with Crippen LogP contribution in [0, 0.1) is 17.0 Å². The van der Waals surface area contributed by atoms with Crippen LogP contribution in [0.25, 0.3) is 10.1 Å². The molecule has 1 N–H and O–H groups in total. The summed E-state index contributed by atoms with van der Waals surface area (Å²) in [6.07, 6.45) is 0. The van der Waals surface area contributed by atoms with Crippen molar-refractivity contribution in [1.29, 1.82) is 0 Å². The quantitative estimate of drug-likeness (QED) is 0.395. The van der Waals surface area contributed by atoms with Gasteiger partial charge < -0.3 is 10.2 Å². The molecule has 2 amide bonds. The summed E-state index contributed by atoms with van der Waals surface area (Å²) in [6.45, 7) is 4.05. The summed E-state index contributed by atoms with van der Waals surface area (Å²) in [5.74, 6) is -0.350. The minimum atomic E-state index is -0.475. The van der Waals surface area contributed by atoms with Gasteiger partial charge in [-0.2, -0.15) is 0 Å². The predicted molar refractivity (Wildman–Crippen MR) is 131 cm³/mol. The molecule has 4 rings (SSSR count). The van der Waals surface area contributed by atoms with Gasteiger partial charge in [-0.05, 0) is 30.7 Å². The number of nitro benzene ring substituents is 1. The number of fused-ring (bicyclic) bond motifs is 1. The molecule has 1 fully saturated rings. The second-order valence-corrected chi connectivity index (χ2v) is 9.55. The zero-order valence-electron chi connectivity index (χ0n) is 17.6. The Bertz CT molecular complexity index is 1250. The van der Waals surface area contributed by atoms with E-state index >= 15 is 0 Å². The molecule has 0 radical (unpaired) electrons. The van der Waals surface area contributed by atoms with Gasteiger partial charge in [0.1, 0.15) is 4.88 Å². The Morgan fingerprint density at radius 1 is 1.15 bits per heavy atom. The van der Waals surface area contributed by atoms with E-state index in [0.29, 0.717) is 56.9 Å². The average Bonchev–Trinajstić information content (AvgIpc) is 3.12. The maximum Gasteiger partial charge on any atom is 0.270 e. The lowest BCUT2D eigenvalue weighted by molar-refractivity contribution is -0.384. The number of hydrogen-bond acceptors (Lipinski definition) is 6. The Hall–Kier alpha value is -2.72.